The fraction of sp³-hybridized carbons (Fsp3) is 0.474. The second-order valence-corrected chi connectivity index (χ2v) is 14.2. The number of aliphatic hydroxyl groups is 10. The lowest BCUT2D eigenvalue weighted by Crippen LogP contribution is -2.48. The van der Waals surface area contributed by atoms with E-state index < -0.39 is 85.9 Å². The summed E-state index contributed by atoms with van der Waals surface area (Å²) >= 11 is 11.7. The molecule has 8 atom stereocenters. The number of carboxylic acid groups (broad SMARTS) is 4. The number of nitrogens with one attached hydrogen (secondary N) is 10. The molecule has 0 heterocycles. The summed E-state index contributed by atoms with van der Waals surface area (Å²) in [6, 6.07) is 13.9. The second kappa shape index (κ2) is 38.0. The molecule has 386 valence electrons. The van der Waals surface area contributed by atoms with E-state index in [1.165, 1.54) is 0 Å². The number of carbonyl (C=O) groups is 4. The van der Waals surface area contributed by atoms with E-state index in [1.807, 2.05) is 0 Å². The number of unbranched alkanes of at least 4 members (excludes halogenated alkanes) is 3. The highest BCUT2D eigenvalue weighted by molar-refractivity contribution is 6.31. The predicted octanol–water partition coefficient (Wildman–Crippen LogP) is -2.63. The third-order valence-electron chi connectivity index (χ3n) is 7.45. The lowest BCUT2D eigenvalue weighted by molar-refractivity contribution is -0.164. The van der Waals surface area contributed by atoms with Gasteiger partial charge in [-0.1, -0.05) is 36.0 Å². The van der Waals surface area contributed by atoms with Gasteiger partial charge in [-0.25, -0.2) is 9.59 Å². The number of guanidine groups is 4. The maximum atomic E-state index is 10.1. The molecule has 0 aliphatic carbocycles. The van der Waals surface area contributed by atoms with E-state index >= 15 is 0 Å². The average Bonchev–Trinajstić information content (AvgIpc) is 3.26. The van der Waals surface area contributed by atoms with E-state index in [2.05, 4.69) is 31.9 Å². The number of anilines is 2. The van der Waals surface area contributed by atoms with Gasteiger partial charge < -0.3 is 92.8 Å². The minimum atomic E-state index is -2.20. The molecule has 0 saturated carbocycles. The van der Waals surface area contributed by atoms with Gasteiger partial charge in [0.15, 0.2) is 36.0 Å². The van der Waals surface area contributed by atoms with Gasteiger partial charge in [-0.3, -0.25) is 41.9 Å². The van der Waals surface area contributed by atoms with Crippen molar-refractivity contribution in [3.63, 3.8) is 0 Å². The first-order valence-corrected chi connectivity index (χ1v) is 20.3. The highest BCUT2D eigenvalue weighted by atomic mass is 35.5. The Bertz CT molecular complexity index is 1690. The molecule has 0 bridgehead atoms. The van der Waals surface area contributed by atoms with E-state index in [0.717, 1.165) is 39.5 Å². The number of aliphatic hydroxyl groups excluding tert-OH is 10. The van der Waals surface area contributed by atoms with Crippen LogP contribution in [-0.2, 0) is 19.2 Å². The summed E-state index contributed by atoms with van der Waals surface area (Å²) in [4.78, 5) is 38.2. The Kier molecular flexibility index (Phi) is 37.0. The number of benzene rings is 2. The summed E-state index contributed by atoms with van der Waals surface area (Å²) < 4.78 is 0. The van der Waals surface area contributed by atoms with Crippen molar-refractivity contribution in [2.75, 3.05) is 36.9 Å². The molecule has 2 aromatic rings. The minimum absolute atomic E-state index is 0.00148. The molecule has 0 aliphatic heterocycles. The number of carboxylic acids is 4. The predicted molar refractivity (Wildman–Crippen MR) is 246 cm³/mol. The van der Waals surface area contributed by atoms with Gasteiger partial charge >= 0.3 is 11.9 Å². The molecule has 28 nitrogen and oxygen atoms in total. The normalized spacial score (nSPS) is 13.6. The first-order valence-electron chi connectivity index (χ1n) is 19.5. The third-order valence-corrected chi connectivity index (χ3v) is 7.95. The van der Waals surface area contributed by atoms with Crippen LogP contribution < -0.4 is 31.9 Å². The van der Waals surface area contributed by atoms with Gasteiger partial charge in [0.25, 0.3) is 11.9 Å². The van der Waals surface area contributed by atoms with Crippen molar-refractivity contribution < 1.29 is 90.7 Å². The molecule has 68 heavy (non-hydrogen) atoms. The van der Waals surface area contributed by atoms with E-state index in [4.69, 9.17) is 126 Å². The number of rotatable bonds is 19. The van der Waals surface area contributed by atoms with Gasteiger partial charge in [-0.2, -0.15) is 0 Å². The lowest BCUT2D eigenvalue weighted by Gasteiger charge is -2.23. The van der Waals surface area contributed by atoms with Crippen LogP contribution in [0.4, 0.5) is 11.4 Å². The number of aliphatic carboxylic acids is 4. The van der Waals surface area contributed by atoms with Crippen molar-refractivity contribution in [1.82, 2.24) is 21.3 Å². The Hall–Kier alpha value is -6.02. The van der Waals surface area contributed by atoms with Gasteiger partial charge in [0.2, 0.25) is 0 Å². The summed E-state index contributed by atoms with van der Waals surface area (Å²) in [5.41, 5.74) is 1.42. The van der Waals surface area contributed by atoms with E-state index in [1.54, 1.807) is 48.5 Å². The fourth-order valence-electron chi connectivity index (χ4n) is 4.12. The van der Waals surface area contributed by atoms with Crippen LogP contribution in [0.2, 0.25) is 10.0 Å². The van der Waals surface area contributed by atoms with Crippen LogP contribution in [0.15, 0.2) is 48.5 Å². The molecule has 0 aromatic heterocycles. The smallest absolute Gasteiger partial charge is 0.335 e. The standard InChI is InChI=1S/C22H30Cl2N10.2C6H12O7.2C2H4O2/c23-15-5-9-17(10-6-15)31-21(27)33-19(25)29-13-3-1-2-4-14-30-20(26)34-22(28)32-18-11-7-16(24)8-12-18;2*7-1-2(8)3(9)4(10)5(11)6(12)13;2*1-2(3)4/h5-12H,1-4,13-14H2,(H5,25,27,29,31,33)(H5,26,28,30,32,34);2*2-5,7-11H,1H2,(H,12,13);2*1H3,(H,3,4)/t;2*2-,3-,4+,5-;;/m.11../s1. The largest absolute Gasteiger partial charge is 0.481 e. The van der Waals surface area contributed by atoms with Crippen molar-refractivity contribution in [2.45, 2.75) is 88.4 Å². The first kappa shape index (κ1) is 66.3. The zero-order valence-electron chi connectivity index (χ0n) is 36.5. The molecular weight excluding hydrogens is 955 g/mol. The van der Waals surface area contributed by atoms with Crippen molar-refractivity contribution in [1.29, 1.82) is 21.6 Å². The highest BCUT2D eigenvalue weighted by Gasteiger charge is 2.34. The van der Waals surface area contributed by atoms with Crippen LogP contribution >= 0.6 is 23.2 Å². The van der Waals surface area contributed by atoms with Crippen molar-refractivity contribution in [3.05, 3.63) is 58.6 Å². The molecule has 24 N–H and O–H groups in total. The molecule has 0 fully saturated rings. The Labute approximate surface area is 398 Å². The van der Waals surface area contributed by atoms with Crippen LogP contribution in [0.3, 0.4) is 0 Å². The summed E-state index contributed by atoms with van der Waals surface area (Å²) in [5.74, 6) is -5.00. The summed E-state index contributed by atoms with van der Waals surface area (Å²) in [6.45, 7) is 1.73. The van der Waals surface area contributed by atoms with Crippen molar-refractivity contribution >= 4 is 82.3 Å². The highest BCUT2D eigenvalue weighted by Crippen LogP contribution is 2.14. The van der Waals surface area contributed by atoms with Crippen molar-refractivity contribution in [3.8, 4) is 0 Å². The van der Waals surface area contributed by atoms with Crippen LogP contribution in [0, 0.1) is 21.6 Å². The van der Waals surface area contributed by atoms with Crippen LogP contribution in [0.5, 0.6) is 0 Å². The first-order chi connectivity index (χ1) is 31.6. The second-order valence-electron chi connectivity index (χ2n) is 13.3. The molecule has 0 spiro atoms. The lowest BCUT2D eigenvalue weighted by atomic mass is 10.0. The maximum absolute atomic E-state index is 10.1. The molecule has 0 amide bonds. The molecular formula is C38H62Cl2N10O18. The summed E-state index contributed by atoms with van der Waals surface area (Å²) in [7, 11) is 0. The molecule has 0 unspecified atom stereocenters. The quantitative estimate of drug-likeness (QED) is 0.0389. The number of hydrogen-bond donors (Lipinski definition) is 24. The van der Waals surface area contributed by atoms with Crippen LogP contribution in [-0.4, -0.2) is 194 Å². The van der Waals surface area contributed by atoms with Gasteiger partial charge in [0.1, 0.15) is 36.6 Å². The zero-order chi connectivity index (χ0) is 53.1. The maximum Gasteiger partial charge on any atom is 0.335 e. The van der Waals surface area contributed by atoms with Gasteiger partial charge in [-0.15, -0.1) is 0 Å². The number of halogens is 2. The monoisotopic (exact) mass is 1020 g/mol. The molecule has 0 saturated heterocycles. The SMILES string of the molecule is CC(=O)O.CC(=O)O.N=C(NCCCCCCNC(=N)NC(=N)Nc1ccc(Cl)cc1)NC(=N)Nc1ccc(Cl)cc1.O=C(O)[C@H](O)[C@@H](O)[C@H](O)[C@H](O)CO.O=C(O)[C@H](O)[C@@H](O)[C@H](O)[C@H](O)CO. The van der Waals surface area contributed by atoms with E-state index in [0.29, 0.717) is 34.5 Å². The number of hydrogen-bond acceptors (Lipinski definition) is 18. The van der Waals surface area contributed by atoms with Gasteiger partial charge in [0.05, 0.1) is 13.2 Å². The zero-order valence-corrected chi connectivity index (χ0v) is 38.1. The Morgan fingerprint density at radius 2 is 0.750 bits per heavy atom. The molecule has 30 heteroatoms. The Morgan fingerprint density at radius 3 is 0.985 bits per heavy atom. The third kappa shape index (κ3) is 35.2. The van der Waals surface area contributed by atoms with E-state index in [-0.39, 0.29) is 23.8 Å². The molecule has 2 rings (SSSR count). The van der Waals surface area contributed by atoms with Gasteiger partial charge in [-0.05, 0) is 61.4 Å². The summed E-state index contributed by atoms with van der Waals surface area (Å²) in [5, 5.41) is 168. The molecule has 2 aromatic carbocycles. The Morgan fingerprint density at radius 1 is 0.485 bits per heavy atom. The molecule has 0 aliphatic rings. The van der Waals surface area contributed by atoms with Gasteiger partial charge in [0, 0.05) is 48.4 Å². The van der Waals surface area contributed by atoms with E-state index in [9.17, 15) is 9.59 Å². The van der Waals surface area contributed by atoms with Crippen LogP contribution in [0.1, 0.15) is 39.5 Å². The van der Waals surface area contributed by atoms with Crippen molar-refractivity contribution in [2.24, 2.45) is 0 Å². The average molecular weight is 1020 g/mol. The minimum Gasteiger partial charge on any atom is -0.481 e. The topological polar surface area (TPSA) is 519 Å². The fourth-order valence-corrected chi connectivity index (χ4v) is 4.38. The molecule has 0 radical (unpaired) electrons. The van der Waals surface area contributed by atoms with Crippen LogP contribution in [0.25, 0.3) is 0 Å². The summed E-state index contributed by atoms with van der Waals surface area (Å²) in [6.07, 6.45) is -12.0. The Balaban J connectivity index is -0.00000101.